The Bertz CT molecular complexity index is 845. The Labute approximate surface area is 267 Å². The minimum atomic E-state index is -2.70. The number of hydrogen-bond donors (Lipinski definition) is 0. The van der Waals surface area contributed by atoms with E-state index >= 15 is 0 Å². The fourth-order valence-corrected chi connectivity index (χ4v) is 22.8. The summed E-state index contributed by atoms with van der Waals surface area (Å²) in [6.07, 6.45) is 5.61. The van der Waals surface area contributed by atoms with Crippen LogP contribution in [0.5, 0.6) is 0 Å². The SMILES string of the molecule is CCC[CH2][Sn]([CH2]CCC)([CH2]CCC)[c]1ccccc1[C@@H]1OCC2O[C@H](OC)[C@H](OC)[C@@H](OC)[C@@H]2O1.[C-]#[O+].[C-]#[O+].[C-]#[O+].[Cr]. The summed E-state index contributed by atoms with van der Waals surface area (Å²) < 4.78 is 64.7. The number of fused-ring (bicyclic) bond motifs is 1. The second-order valence-corrected chi connectivity index (χ2v) is 23.3. The van der Waals surface area contributed by atoms with E-state index < -0.39 is 31.0 Å². The molecule has 236 valence electrons. The number of methoxy groups -OCH3 is 3. The molecule has 0 amide bonds. The van der Waals surface area contributed by atoms with Crippen molar-refractivity contribution in [3.05, 3.63) is 49.8 Å². The molecule has 3 rings (SSSR count). The van der Waals surface area contributed by atoms with Gasteiger partial charge in [0.15, 0.2) is 0 Å². The Kier molecular flexibility index (Phi) is 26.8. The van der Waals surface area contributed by atoms with Gasteiger partial charge in [0, 0.05) is 17.4 Å². The molecule has 0 spiro atoms. The van der Waals surface area contributed by atoms with E-state index in [4.69, 9.17) is 42.4 Å². The van der Waals surface area contributed by atoms with Gasteiger partial charge in [-0.15, -0.1) is 0 Å². The first-order valence-electron chi connectivity index (χ1n) is 14.3. The molecule has 0 saturated carbocycles. The first-order valence-corrected chi connectivity index (χ1v) is 21.8. The summed E-state index contributed by atoms with van der Waals surface area (Å²) in [7, 11) is 4.99. The molecular formula is C31H48CrO9Sn. The van der Waals surface area contributed by atoms with Gasteiger partial charge in [-0.1, -0.05) is 0 Å². The van der Waals surface area contributed by atoms with Gasteiger partial charge in [-0.2, -0.15) is 0 Å². The van der Waals surface area contributed by atoms with Gasteiger partial charge in [-0.3, -0.25) is 0 Å². The summed E-state index contributed by atoms with van der Waals surface area (Å²) in [5, 5.41) is 0. The van der Waals surface area contributed by atoms with Crippen molar-refractivity contribution in [3.63, 3.8) is 0 Å². The molecule has 2 aliphatic rings. The van der Waals surface area contributed by atoms with Gasteiger partial charge in [0.05, 0.1) is 0 Å². The van der Waals surface area contributed by atoms with Crippen LogP contribution in [0, 0.1) is 20.0 Å². The number of benzene rings is 1. The van der Waals surface area contributed by atoms with Gasteiger partial charge in [0.25, 0.3) is 0 Å². The van der Waals surface area contributed by atoms with Gasteiger partial charge in [0.2, 0.25) is 0 Å². The Morgan fingerprint density at radius 1 is 0.762 bits per heavy atom. The molecule has 9 nitrogen and oxygen atoms in total. The number of unbranched alkanes of at least 4 members (excludes halogenated alkanes) is 3. The van der Waals surface area contributed by atoms with Crippen LogP contribution in [-0.4, -0.2) is 77.0 Å². The number of ether oxygens (including phenoxy) is 6. The Hall–Kier alpha value is -0.469. The summed E-state index contributed by atoms with van der Waals surface area (Å²) in [6, 6.07) is 9.02. The van der Waals surface area contributed by atoms with E-state index in [9.17, 15) is 0 Å². The van der Waals surface area contributed by atoms with Crippen LogP contribution in [0.25, 0.3) is 0 Å². The fraction of sp³-hybridized carbons (Fsp3) is 0.710. The zero-order valence-electron chi connectivity index (χ0n) is 25.9. The first kappa shape index (κ1) is 43.7. The second kappa shape index (κ2) is 25.8. The van der Waals surface area contributed by atoms with Gasteiger partial charge < -0.3 is 0 Å². The Morgan fingerprint density at radius 3 is 1.71 bits per heavy atom. The van der Waals surface area contributed by atoms with E-state index in [2.05, 4.69) is 65.0 Å². The average Bonchev–Trinajstić information content (AvgIpc) is 3.06. The van der Waals surface area contributed by atoms with Crippen LogP contribution in [0.1, 0.15) is 71.1 Å². The van der Waals surface area contributed by atoms with E-state index in [0.717, 1.165) is 0 Å². The van der Waals surface area contributed by atoms with Crippen molar-refractivity contribution in [1.82, 2.24) is 0 Å². The maximum atomic E-state index is 7.50. The Balaban J connectivity index is 0. The fourth-order valence-electron chi connectivity index (χ4n) is 5.92. The topological polar surface area (TPSA) is 115 Å². The zero-order valence-corrected chi connectivity index (χ0v) is 30.1. The van der Waals surface area contributed by atoms with Crippen molar-refractivity contribution in [1.29, 1.82) is 0 Å². The molecule has 1 unspecified atom stereocenters. The zero-order chi connectivity index (χ0) is 31.3. The van der Waals surface area contributed by atoms with E-state index in [1.807, 2.05) is 0 Å². The van der Waals surface area contributed by atoms with Crippen molar-refractivity contribution >= 4 is 22.0 Å². The van der Waals surface area contributed by atoms with Crippen LogP contribution in [0.2, 0.25) is 13.3 Å². The summed E-state index contributed by atoms with van der Waals surface area (Å²) in [5.41, 5.74) is 1.24. The van der Waals surface area contributed by atoms with Crippen molar-refractivity contribution in [2.75, 3.05) is 27.9 Å². The van der Waals surface area contributed by atoms with Crippen LogP contribution in [0.15, 0.2) is 24.3 Å². The maximum absolute atomic E-state index is 7.50. The standard InChI is InChI=1S/C16H21O6.3C4H9.3CO.Cr.Sn/c1-17-13-12-11(21-16(19-3)14(13)18-2)9-20-15(22-12)10-7-5-4-6-8-10;3*1-3-4-2;3*1-2;;/h4-7,11-16H,9H2,1-3H3;3*1,3-4H2,2H3;;;;;/t11?,12-,13+,14-,15-,16+;;;;;;;;/m1......../s1. The molecule has 0 radical (unpaired) electrons. The third-order valence-corrected chi connectivity index (χ3v) is 23.7. The minimum Gasteiger partial charge on any atom is 0 e. The van der Waals surface area contributed by atoms with E-state index in [1.54, 1.807) is 24.9 Å². The molecule has 42 heavy (non-hydrogen) atoms. The largest absolute Gasteiger partial charge is 0 e. The molecule has 0 aromatic heterocycles. The number of rotatable bonds is 14. The Morgan fingerprint density at radius 2 is 1.26 bits per heavy atom. The molecule has 0 bridgehead atoms. The molecule has 6 atom stereocenters. The van der Waals surface area contributed by atoms with Crippen molar-refractivity contribution in [2.24, 2.45) is 0 Å². The van der Waals surface area contributed by atoms with Gasteiger partial charge in [-0.05, 0) is 0 Å². The molecule has 2 saturated heterocycles. The van der Waals surface area contributed by atoms with Gasteiger partial charge in [-0.25, -0.2) is 0 Å². The molecule has 2 aliphatic heterocycles. The third-order valence-electron chi connectivity index (χ3n) is 7.87. The molecular weight excluding hydrogens is 687 g/mol. The van der Waals surface area contributed by atoms with E-state index in [1.165, 1.54) is 57.4 Å². The molecule has 0 N–H and O–H groups in total. The molecule has 0 aliphatic carbocycles. The summed E-state index contributed by atoms with van der Waals surface area (Å²) >= 11 is -2.70. The molecule has 1 aromatic rings. The van der Waals surface area contributed by atoms with E-state index in [-0.39, 0.29) is 41.8 Å². The minimum absolute atomic E-state index is 0. The van der Waals surface area contributed by atoms with Crippen LogP contribution in [0.4, 0.5) is 0 Å². The summed E-state index contributed by atoms with van der Waals surface area (Å²) in [5.74, 6) is 0. The van der Waals surface area contributed by atoms with Gasteiger partial charge in [0.1, 0.15) is 0 Å². The van der Waals surface area contributed by atoms with Crippen LogP contribution >= 0.6 is 0 Å². The van der Waals surface area contributed by atoms with Crippen LogP contribution in [0.3, 0.4) is 0 Å². The molecule has 1 aromatic carbocycles. The summed E-state index contributed by atoms with van der Waals surface area (Å²) in [6.45, 7) is 20.9. The monoisotopic (exact) mass is 736 g/mol. The first-order chi connectivity index (χ1) is 20.1. The molecule has 2 heterocycles. The number of hydrogen-bond acceptors (Lipinski definition) is 6. The van der Waals surface area contributed by atoms with E-state index in [0.29, 0.717) is 6.61 Å². The van der Waals surface area contributed by atoms with Crippen LogP contribution in [-0.2, 0) is 59.7 Å². The summed E-state index contributed by atoms with van der Waals surface area (Å²) in [4.78, 5) is 0. The predicted molar refractivity (Wildman–Crippen MR) is 154 cm³/mol. The van der Waals surface area contributed by atoms with Crippen LogP contribution < -0.4 is 3.58 Å². The second-order valence-electron chi connectivity index (χ2n) is 10.1. The predicted octanol–water partition coefficient (Wildman–Crippen LogP) is 5.44. The molecule has 2 fully saturated rings. The molecule has 11 heteroatoms. The van der Waals surface area contributed by atoms with Crippen molar-refractivity contribution in [2.45, 2.75) is 110 Å². The normalized spacial score (nSPS) is 24.5. The smallest absolute Gasteiger partial charge is 0 e. The average molecular weight is 735 g/mol. The van der Waals surface area contributed by atoms with Crippen molar-refractivity contribution in [3.8, 4) is 0 Å². The van der Waals surface area contributed by atoms with Gasteiger partial charge >= 0.3 is 252 Å². The quantitative estimate of drug-likeness (QED) is 0.143. The van der Waals surface area contributed by atoms with Crippen molar-refractivity contribution < 1.29 is 59.7 Å². The third kappa shape index (κ3) is 11.8. The maximum Gasteiger partial charge on any atom is 0 e.